The van der Waals surface area contributed by atoms with Crippen LogP contribution in [-0.4, -0.2) is 12.7 Å². The lowest BCUT2D eigenvalue weighted by atomic mass is 9.81. The number of benzene rings is 5. The third-order valence-corrected chi connectivity index (χ3v) is 6.92. The lowest BCUT2D eigenvalue weighted by Gasteiger charge is -2.23. The van der Waals surface area contributed by atoms with Crippen LogP contribution in [0, 0.1) is 0 Å². The quantitative estimate of drug-likeness (QED) is 0.258. The Morgan fingerprint density at radius 1 is 0.656 bits per heavy atom. The van der Waals surface area contributed by atoms with Crippen LogP contribution in [-0.2, 0) is 5.41 Å². The molecule has 0 heterocycles. The zero-order chi connectivity index (χ0) is 21.9. The molecule has 1 aliphatic carbocycles. The van der Waals surface area contributed by atoms with Gasteiger partial charge in [-0.3, -0.25) is 0 Å². The van der Waals surface area contributed by atoms with Crippen molar-refractivity contribution in [3.63, 3.8) is 0 Å². The predicted molar refractivity (Wildman–Crippen MR) is 133 cm³/mol. The van der Waals surface area contributed by atoms with E-state index in [2.05, 4.69) is 92.7 Å². The van der Waals surface area contributed by atoms with E-state index in [-0.39, 0.29) is 5.41 Å². The van der Waals surface area contributed by atoms with Crippen LogP contribution in [0.4, 0.5) is 0 Å². The minimum absolute atomic E-state index is 0.0531. The van der Waals surface area contributed by atoms with Gasteiger partial charge in [-0.05, 0) is 50.2 Å². The molecular formula is C29H22BO2. The second-order valence-electron chi connectivity index (χ2n) is 8.95. The lowest BCUT2D eigenvalue weighted by molar-refractivity contribution is 0.459. The van der Waals surface area contributed by atoms with E-state index >= 15 is 0 Å². The van der Waals surface area contributed by atoms with Crippen molar-refractivity contribution in [1.29, 1.82) is 0 Å². The van der Waals surface area contributed by atoms with Crippen molar-refractivity contribution in [2.75, 3.05) is 0 Å². The van der Waals surface area contributed by atoms with Crippen LogP contribution in [0.1, 0.15) is 25.0 Å². The highest BCUT2D eigenvalue weighted by molar-refractivity contribution is 6.22. The van der Waals surface area contributed by atoms with Gasteiger partial charge >= 0.3 is 7.69 Å². The maximum atomic E-state index is 9.43. The minimum atomic E-state index is -0.0531. The summed E-state index contributed by atoms with van der Waals surface area (Å²) in [4.78, 5) is 0. The third kappa shape index (κ3) is 2.58. The fourth-order valence-electron chi connectivity index (χ4n) is 5.44. The number of rotatable bonds is 3. The molecule has 1 aliphatic rings. The van der Waals surface area contributed by atoms with Gasteiger partial charge in [0.1, 0.15) is 5.75 Å². The Bertz CT molecular complexity index is 1460. The third-order valence-electron chi connectivity index (χ3n) is 6.92. The fourth-order valence-corrected chi connectivity index (χ4v) is 5.44. The van der Waals surface area contributed by atoms with Crippen molar-refractivity contribution in [1.82, 2.24) is 0 Å². The number of fused-ring (bicyclic) bond motifs is 5. The van der Waals surface area contributed by atoms with Gasteiger partial charge in [-0.15, -0.1) is 0 Å². The SMILES string of the molecule is CC1(C)c2ccccc2-c2ccc(-c3c4ccccc4c(O[B]O)c4ccccc34)cc21. The molecular weight excluding hydrogens is 391 g/mol. The molecule has 2 nitrogen and oxygen atoms in total. The van der Waals surface area contributed by atoms with Gasteiger partial charge in [0.15, 0.2) is 0 Å². The maximum absolute atomic E-state index is 9.43. The van der Waals surface area contributed by atoms with E-state index < -0.39 is 0 Å². The first kappa shape index (κ1) is 19.2. The second-order valence-corrected chi connectivity index (χ2v) is 8.95. The molecule has 1 N–H and O–H groups in total. The molecule has 5 aromatic carbocycles. The minimum Gasteiger partial charge on any atom is -0.537 e. The molecule has 6 rings (SSSR count). The first-order valence-corrected chi connectivity index (χ1v) is 10.9. The summed E-state index contributed by atoms with van der Waals surface area (Å²) in [6, 6.07) is 32.1. The Kier molecular flexibility index (Phi) is 4.18. The normalized spacial score (nSPS) is 13.7. The van der Waals surface area contributed by atoms with Crippen molar-refractivity contribution in [3.05, 3.63) is 102 Å². The van der Waals surface area contributed by atoms with Crippen LogP contribution >= 0.6 is 0 Å². The largest absolute Gasteiger partial charge is 0.569 e. The maximum Gasteiger partial charge on any atom is 0.569 e. The summed E-state index contributed by atoms with van der Waals surface area (Å²) < 4.78 is 5.60. The molecule has 0 bridgehead atoms. The summed E-state index contributed by atoms with van der Waals surface area (Å²) in [6.45, 7) is 4.62. The summed E-state index contributed by atoms with van der Waals surface area (Å²) in [5, 5.41) is 13.6. The molecule has 0 fully saturated rings. The fraction of sp³-hybridized carbons (Fsp3) is 0.103. The number of hydrogen-bond acceptors (Lipinski definition) is 2. The molecule has 153 valence electrons. The average molecular weight is 413 g/mol. The van der Waals surface area contributed by atoms with E-state index in [1.54, 1.807) is 0 Å². The smallest absolute Gasteiger partial charge is 0.537 e. The van der Waals surface area contributed by atoms with E-state index in [1.807, 2.05) is 12.1 Å². The van der Waals surface area contributed by atoms with E-state index in [9.17, 15) is 5.02 Å². The highest BCUT2D eigenvalue weighted by atomic mass is 16.5. The van der Waals surface area contributed by atoms with Gasteiger partial charge in [0.2, 0.25) is 0 Å². The average Bonchev–Trinajstić information content (AvgIpc) is 3.06. The number of hydrogen-bond donors (Lipinski definition) is 1. The summed E-state index contributed by atoms with van der Waals surface area (Å²) >= 11 is 0. The molecule has 0 saturated carbocycles. The van der Waals surface area contributed by atoms with Crippen molar-refractivity contribution in [2.45, 2.75) is 19.3 Å². The first-order valence-electron chi connectivity index (χ1n) is 10.9. The van der Waals surface area contributed by atoms with Crippen LogP contribution in [0.5, 0.6) is 5.75 Å². The monoisotopic (exact) mass is 413 g/mol. The van der Waals surface area contributed by atoms with Gasteiger partial charge in [0.25, 0.3) is 0 Å². The Morgan fingerprint density at radius 3 is 1.88 bits per heavy atom. The van der Waals surface area contributed by atoms with Gasteiger partial charge < -0.3 is 9.68 Å². The molecule has 1 radical (unpaired) electrons. The zero-order valence-corrected chi connectivity index (χ0v) is 18.1. The van der Waals surface area contributed by atoms with E-state index in [0.29, 0.717) is 5.75 Å². The predicted octanol–water partition coefficient (Wildman–Crippen LogP) is 6.87. The molecule has 3 heteroatoms. The first-order chi connectivity index (χ1) is 15.6. The topological polar surface area (TPSA) is 29.5 Å². The lowest BCUT2D eigenvalue weighted by Crippen LogP contribution is -2.14. The van der Waals surface area contributed by atoms with Crippen LogP contribution in [0.15, 0.2) is 91.0 Å². The van der Waals surface area contributed by atoms with Crippen LogP contribution in [0.25, 0.3) is 43.8 Å². The molecule has 0 saturated heterocycles. The Labute approximate surface area is 188 Å². The van der Waals surface area contributed by atoms with Gasteiger partial charge in [-0.25, -0.2) is 0 Å². The van der Waals surface area contributed by atoms with E-state index in [4.69, 9.17) is 4.65 Å². The van der Waals surface area contributed by atoms with E-state index in [0.717, 1.165) is 29.2 Å². The molecule has 0 aliphatic heterocycles. The molecule has 0 aromatic heterocycles. The van der Waals surface area contributed by atoms with Crippen molar-refractivity contribution in [2.24, 2.45) is 0 Å². The van der Waals surface area contributed by atoms with Crippen LogP contribution in [0.2, 0.25) is 0 Å². The highest BCUT2D eigenvalue weighted by Gasteiger charge is 2.35. The summed E-state index contributed by atoms with van der Waals surface area (Å²) in [5.41, 5.74) is 7.71. The second kappa shape index (κ2) is 6.98. The zero-order valence-electron chi connectivity index (χ0n) is 18.1. The van der Waals surface area contributed by atoms with Crippen molar-refractivity contribution in [3.8, 4) is 28.0 Å². The Balaban J connectivity index is 1.69. The molecule has 0 amide bonds. The Hall–Kier alpha value is -3.56. The van der Waals surface area contributed by atoms with Gasteiger partial charge in [-0.2, -0.15) is 0 Å². The van der Waals surface area contributed by atoms with Crippen molar-refractivity contribution >= 4 is 29.2 Å². The molecule has 5 aromatic rings. The molecule has 0 unspecified atom stereocenters. The highest BCUT2D eigenvalue weighted by Crippen LogP contribution is 2.51. The molecule has 0 atom stereocenters. The standard InChI is InChI=1S/C29H22BO2/c1-29(2)25-14-8-7-9-19(25)20-16-15-18(17-26(20)29)27-21-10-3-5-12-23(21)28(32-30-31)24-13-6-4-11-22(24)27/h3-17,31H,1-2H3. The van der Waals surface area contributed by atoms with Gasteiger partial charge in [-0.1, -0.05) is 98.8 Å². The van der Waals surface area contributed by atoms with Crippen LogP contribution in [0.3, 0.4) is 0 Å². The molecule has 0 spiro atoms. The summed E-state index contributed by atoms with van der Waals surface area (Å²) in [6.07, 6.45) is 0. The summed E-state index contributed by atoms with van der Waals surface area (Å²) in [7, 11) is 0.767. The molecule has 32 heavy (non-hydrogen) atoms. The Morgan fingerprint density at radius 2 is 1.22 bits per heavy atom. The summed E-state index contributed by atoms with van der Waals surface area (Å²) in [5.74, 6) is 0.677. The van der Waals surface area contributed by atoms with Crippen LogP contribution < -0.4 is 4.65 Å². The van der Waals surface area contributed by atoms with Crippen molar-refractivity contribution < 1.29 is 9.68 Å². The van der Waals surface area contributed by atoms with E-state index in [1.165, 1.54) is 33.4 Å². The van der Waals surface area contributed by atoms with Gasteiger partial charge in [0, 0.05) is 16.2 Å². The van der Waals surface area contributed by atoms with Gasteiger partial charge in [0.05, 0.1) is 0 Å².